The van der Waals surface area contributed by atoms with Gasteiger partial charge in [0.1, 0.15) is 4.90 Å². The molecule has 2 aromatic heterocycles. The minimum absolute atomic E-state index is 0.0357. The number of aromatic nitrogens is 3. The van der Waals surface area contributed by atoms with Crippen LogP contribution < -0.4 is 4.72 Å². The zero-order valence-corrected chi connectivity index (χ0v) is 15.9. The van der Waals surface area contributed by atoms with E-state index in [1.54, 1.807) is 6.92 Å². The number of halogens is 2. The molecule has 0 aliphatic carbocycles. The molecule has 0 fully saturated rings. The van der Waals surface area contributed by atoms with Gasteiger partial charge in [0.2, 0.25) is 10.0 Å². The Morgan fingerprint density at radius 1 is 1.11 bits per heavy atom. The molecule has 0 amide bonds. The lowest BCUT2D eigenvalue weighted by atomic mass is 10.1. The monoisotopic (exact) mass is 394 g/mol. The molecule has 144 valence electrons. The van der Waals surface area contributed by atoms with E-state index in [9.17, 15) is 17.2 Å². The first-order valence-electron chi connectivity index (χ1n) is 8.30. The van der Waals surface area contributed by atoms with Gasteiger partial charge in [0.25, 0.3) is 0 Å². The number of aryl methyl sites for hydroxylation is 1. The van der Waals surface area contributed by atoms with Crippen LogP contribution in [0, 0.1) is 13.8 Å². The van der Waals surface area contributed by atoms with Crippen molar-refractivity contribution in [2.75, 3.05) is 0 Å². The number of hydrogen-bond donors (Lipinski definition) is 1. The van der Waals surface area contributed by atoms with Crippen LogP contribution in [0.3, 0.4) is 0 Å². The summed E-state index contributed by atoms with van der Waals surface area (Å²) in [4.78, 5) is -0.212. The highest BCUT2D eigenvalue weighted by Gasteiger charge is 2.28. The average Bonchev–Trinajstić information content (AvgIpc) is 3.22. The van der Waals surface area contributed by atoms with Gasteiger partial charge in [0, 0.05) is 24.1 Å². The highest BCUT2D eigenvalue weighted by atomic mass is 32.2. The minimum atomic E-state index is -4.02. The SMILES string of the molecule is Cc1nn(C(F)F)c(C)c1S(=O)(=O)NC(C)c1cccc(-n2cccc2)c1. The first-order valence-corrected chi connectivity index (χ1v) is 9.78. The van der Waals surface area contributed by atoms with E-state index in [0.29, 0.717) is 4.68 Å². The van der Waals surface area contributed by atoms with Crippen molar-refractivity contribution in [3.8, 4) is 5.69 Å². The number of benzene rings is 1. The standard InChI is InChI=1S/C18H20F2N4O2S/c1-12(15-7-6-8-16(11-15)23-9-4-5-10-23)22-27(25,26)17-13(2)21-24(14(17)3)18(19)20/h4-12,18,22H,1-3H3. The molecule has 9 heteroatoms. The molecule has 6 nitrogen and oxygen atoms in total. The molecule has 0 aliphatic heterocycles. The van der Waals surface area contributed by atoms with Crippen molar-refractivity contribution >= 4 is 10.0 Å². The second kappa shape index (κ2) is 7.24. The predicted octanol–water partition coefficient (Wildman–Crippen LogP) is 3.73. The molecule has 0 radical (unpaired) electrons. The Balaban J connectivity index is 1.90. The topological polar surface area (TPSA) is 68.9 Å². The molecule has 3 aromatic rings. The summed E-state index contributed by atoms with van der Waals surface area (Å²) in [6.45, 7) is 1.52. The molecule has 27 heavy (non-hydrogen) atoms. The molecule has 2 heterocycles. The molecule has 1 N–H and O–H groups in total. The summed E-state index contributed by atoms with van der Waals surface area (Å²) < 4.78 is 56.5. The van der Waals surface area contributed by atoms with Crippen LogP contribution in [0.15, 0.2) is 53.7 Å². The fourth-order valence-electron chi connectivity index (χ4n) is 3.05. The van der Waals surface area contributed by atoms with E-state index in [-0.39, 0.29) is 16.3 Å². The molecule has 0 spiro atoms. The average molecular weight is 394 g/mol. The van der Waals surface area contributed by atoms with Gasteiger partial charge in [-0.3, -0.25) is 0 Å². The first-order chi connectivity index (χ1) is 12.7. The summed E-state index contributed by atoms with van der Waals surface area (Å²) >= 11 is 0. The Morgan fingerprint density at radius 2 is 1.78 bits per heavy atom. The molecule has 0 saturated carbocycles. The second-order valence-corrected chi connectivity index (χ2v) is 7.90. The summed E-state index contributed by atoms with van der Waals surface area (Å²) in [7, 11) is -4.02. The molecule has 0 saturated heterocycles. The van der Waals surface area contributed by atoms with Crippen LogP contribution in [-0.4, -0.2) is 22.8 Å². The van der Waals surface area contributed by atoms with E-state index in [1.165, 1.54) is 13.8 Å². The molecule has 1 aromatic carbocycles. The molecular weight excluding hydrogens is 374 g/mol. The quantitative estimate of drug-likeness (QED) is 0.693. The summed E-state index contributed by atoms with van der Waals surface area (Å²) in [6.07, 6.45) is 3.78. The van der Waals surface area contributed by atoms with E-state index >= 15 is 0 Å². The Bertz CT molecular complexity index is 1040. The van der Waals surface area contributed by atoms with Crippen LogP contribution in [0.2, 0.25) is 0 Å². The maximum atomic E-state index is 13.0. The zero-order chi connectivity index (χ0) is 19.8. The Labute approximate surface area is 156 Å². The third-order valence-corrected chi connectivity index (χ3v) is 6.11. The lowest BCUT2D eigenvalue weighted by molar-refractivity contribution is 0.0538. The number of nitrogens with zero attached hydrogens (tertiary/aromatic N) is 3. The van der Waals surface area contributed by atoms with Crippen molar-refractivity contribution in [2.24, 2.45) is 0 Å². The normalized spacial score (nSPS) is 13.3. The number of rotatable bonds is 6. The lowest BCUT2D eigenvalue weighted by Gasteiger charge is -2.16. The van der Waals surface area contributed by atoms with Gasteiger partial charge in [0.05, 0.1) is 11.4 Å². The van der Waals surface area contributed by atoms with Crippen LogP contribution >= 0.6 is 0 Å². The number of hydrogen-bond acceptors (Lipinski definition) is 3. The van der Waals surface area contributed by atoms with Crippen LogP contribution in [0.5, 0.6) is 0 Å². The van der Waals surface area contributed by atoms with Crippen LogP contribution in [0.4, 0.5) is 8.78 Å². The lowest BCUT2D eigenvalue weighted by Crippen LogP contribution is -2.28. The first kappa shape index (κ1) is 19.2. The fourth-order valence-corrected chi connectivity index (χ4v) is 4.68. The third-order valence-electron chi connectivity index (χ3n) is 4.32. The smallest absolute Gasteiger partial charge is 0.324 e. The molecule has 0 bridgehead atoms. The van der Waals surface area contributed by atoms with Gasteiger partial charge in [-0.05, 0) is 50.6 Å². The maximum absolute atomic E-state index is 13.0. The highest BCUT2D eigenvalue weighted by Crippen LogP contribution is 2.26. The zero-order valence-electron chi connectivity index (χ0n) is 15.1. The van der Waals surface area contributed by atoms with E-state index in [1.807, 2.05) is 53.4 Å². The van der Waals surface area contributed by atoms with Crippen LogP contribution in [0.25, 0.3) is 5.69 Å². The van der Waals surface area contributed by atoms with Crippen molar-refractivity contribution in [2.45, 2.75) is 38.3 Å². The van der Waals surface area contributed by atoms with Gasteiger partial charge in [-0.15, -0.1) is 0 Å². The summed E-state index contributed by atoms with van der Waals surface area (Å²) in [6, 6.07) is 10.7. The van der Waals surface area contributed by atoms with E-state index in [2.05, 4.69) is 9.82 Å². The second-order valence-electron chi connectivity index (χ2n) is 6.25. The fraction of sp³-hybridized carbons (Fsp3) is 0.278. The van der Waals surface area contributed by atoms with Crippen LogP contribution in [0.1, 0.15) is 36.5 Å². The van der Waals surface area contributed by atoms with Crippen molar-refractivity contribution in [1.29, 1.82) is 0 Å². The van der Waals surface area contributed by atoms with Crippen molar-refractivity contribution in [1.82, 2.24) is 19.1 Å². The van der Waals surface area contributed by atoms with Crippen molar-refractivity contribution in [3.05, 3.63) is 65.7 Å². The molecule has 0 aliphatic rings. The number of sulfonamides is 1. The molecule has 1 atom stereocenters. The van der Waals surface area contributed by atoms with Crippen molar-refractivity contribution < 1.29 is 17.2 Å². The summed E-state index contributed by atoms with van der Waals surface area (Å²) in [5, 5.41) is 3.65. The minimum Gasteiger partial charge on any atom is -0.324 e. The van der Waals surface area contributed by atoms with E-state index < -0.39 is 22.6 Å². The summed E-state index contributed by atoms with van der Waals surface area (Å²) in [5.41, 5.74) is 1.58. The molecular formula is C18H20F2N4O2S. The van der Waals surface area contributed by atoms with Crippen LogP contribution in [-0.2, 0) is 10.0 Å². The van der Waals surface area contributed by atoms with Crippen molar-refractivity contribution in [3.63, 3.8) is 0 Å². The Morgan fingerprint density at radius 3 is 2.37 bits per heavy atom. The highest BCUT2D eigenvalue weighted by molar-refractivity contribution is 7.89. The largest absolute Gasteiger partial charge is 0.333 e. The maximum Gasteiger partial charge on any atom is 0.333 e. The summed E-state index contributed by atoms with van der Waals surface area (Å²) in [5.74, 6) is 0. The van der Waals surface area contributed by atoms with Gasteiger partial charge in [-0.25, -0.2) is 17.8 Å². The number of nitrogens with one attached hydrogen (secondary N) is 1. The Kier molecular flexibility index (Phi) is 5.16. The molecule has 3 rings (SSSR count). The Hall–Kier alpha value is -2.52. The van der Waals surface area contributed by atoms with Gasteiger partial charge in [0.15, 0.2) is 0 Å². The van der Waals surface area contributed by atoms with Gasteiger partial charge < -0.3 is 4.57 Å². The predicted molar refractivity (Wildman–Crippen MR) is 97.5 cm³/mol. The van der Waals surface area contributed by atoms with E-state index in [4.69, 9.17) is 0 Å². The van der Waals surface area contributed by atoms with Gasteiger partial charge in [-0.2, -0.15) is 13.9 Å². The molecule has 1 unspecified atom stereocenters. The van der Waals surface area contributed by atoms with Gasteiger partial charge in [-0.1, -0.05) is 12.1 Å². The third kappa shape index (κ3) is 3.79. The van der Waals surface area contributed by atoms with E-state index in [0.717, 1.165) is 11.3 Å². The number of alkyl halides is 2. The van der Waals surface area contributed by atoms with Gasteiger partial charge >= 0.3 is 6.55 Å².